The molecular weight excluding hydrogens is 524 g/mol. The quantitative estimate of drug-likeness (QED) is 0.477. The number of amides is 2. The van der Waals surface area contributed by atoms with Crippen molar-refractivity contribution >= 4 is 35.2 Å². The molecule has 3 aromatic rings. The minimum absolute atomic E-state index is 0.0931. The van der Waals surface area contributed by atoms with E-state index in [2.05, 4.69) is 20.7 Å². The number of nitrogens with one attached hydrogen (secondary N) is 2. The van der Waals surface area contributed by atoms with Crippen molar-refractivity contribution in [2.24, 2.45) is 7.05 Å². The number of hydrogen-bond acceptors (Lipinski definition) is 6. The van der Waals surface area contributed by atoms with Crippen LogP contribution in [0.2, 0.25) is 5.02 Å². The van der Waals surface area contributed by atoms with Gasteiger partial charge in [-0.1, -0.05) is 23.7 Å². The molecule has 5 rings (SSSR count). The van der Waals surface area contributed by atoms with E-state index >= 15 is 0 Å². The number of tetrazole rings is 1. The summed E-state index contributed by atoms with van der Waals surface area (Å²) in [6.45, 7) is 0. The van der Waals surface area contributed by atoms with Gasteiger partial charge >= 0.3 is 12.1 Å². The molecule has 188 valence electrons. The lowest BCUT2D eigenvalue weighted by Gasteiger charge is -2.21. The number of carbonyl (C=O) groups is 2. The van der Waals surface area contributed by atoms with Crippen LogP contribution in [0.25, 0.3) is 22.5 Å². The summed E-state index contributed by atoms with van der Waals surface area (Å²) in [5.74, 6) is -2.87. The molecule has 1 aliphatic heterocycles. The summed E-state index contributed by atoms with van der Waals surface area (Å²) in [6, 6.07) is 7.59. The van der Waals surface area contributed by atoms with Crippen molar-refractivity contribution in [1.29, 1.82) is 0 Å². The van der Waals surface area contributed by atoms with E-state index < -0.39 is 35.4 Å². The maximum atomic E-state index is 14.9. The Kier molecular flexibility index (Phi) is 5.94. The molecule has 36 heavy (non-hydrogen) atoms. The lowest BCUT2D eigenvalue weighted by molar-refractivity contribution is -0.175. The van der Waals surface area contributed by atoms with Gasteiger partial charge in [0, 0.05) is 15.7 Å². The summed E-state index contributed by atoms with van der Waals surface area (Å²) in [7, 11) is 1.56. The van der Waals surface area contributed by atoms with Crippen LogP contribution in [0, 0.1) is 5.82 Å². The van der Waals surface area contributed by atoms with Crippen molar-refractivity contribution in [3.8, 4) is 22.5 Å². The van der Waals surface area contributed by atoms with Crippen molar-refractivity contribution < 1.29 is 27.2 Å². The predicted molar refractivity (Wildman–Crippen MR) is 122 cm³/mol. The Balaban J connectivity index is 1.40. The van der Waals surface area contributed by atoms with Crippen LogP contribution in [0.1, 0.15) is 24.4 Å². The molecule has 8 nitrogen and oxygen atoms in total. The fourth-order valence-electron chi connectivity index (χ4n) is 4.03. The molecule has 2 heterocycles. The summed E-state index contributed by atoms with van der Waals surface area (Å²) in [6.07, 6.45) is -4.81. The Morgan fingerprint density at radius 1 is 1.22 bits per heavy atom. The third kappa shape index (κ3) is 4.52. The molecule has 2 aliphatic rings. The van der Waals surface area contributed by atoms with Crippen molar-refractivity contribution in [2.45, 2.75) is 35.5 Å². The number of carbonyl (C=O) groups excluding carboxylic acids is 2. The van der Waals surface area contributed by atoms with Gasteiger partial charge in [0.05, 0.1) is 18.7 Å². The Morgan fingerprint density at radius 2 is 1.97 bits per heavy atom. The summed E-state index contributed by atoms with van der Waals surface area (Å²) in [4.78, 5) is 26.1. The first kappa shape index (κ1) is 24.5. The molecule has 1 saturated carbocycles. The van der Waals surface area contributed by atoms with Gasteiger partial charge in [-0.2, -0.15) is 18.0 Å². The summed E-state index contributed by atoms with van der Waals surface area (Å²) < 4.78 is 52.8. The molecule has 0 spiro atoms. The average Bonchev–Trinajstić information content (AvgIpc) is 3.29. The van der Waals surface area contributed by atoms with Crippen molar-refractivity contribution in [3.63, 3.8) is 0 Å². The van der Waals surface area contributed by atoms with Gasteiger partial charge in [0.15, 0.2) is 0 Å². The number of halogens is 5. The number of fused-ring (bicyclic) bond motifs is 1. The van der Waals surface area contributed by atoms with Crippen LogP contribution in [0.5, 0.6) is 0 Å². The van der Waals surface area contributed by atoms with Gasteiger partial charge in [0.2, 0.25) is 11.7 Å². The average molecular weight is 541 g/mol. The first-order valence-electron chi connectivity index (χ1n) is 10.7. The summed E-state index contributed by atoms with van der Waals surface area (Å²) in [5.41, 5.74) is 0.439. The second-order valence-electron chi connectivity index (χ2n) is 8.54. The topological polar surface area (TPSA) is 102 Å². The number of thioether (sulfide) groups is 1. The van der Waals surface area contributed by atoms with Crippen LogP contribution >= 0.6 is 23.4 Å². The SMILES string of the molecule is Cn1nnc(-c2c(F)cc(Cl)cc2-c2ccc3c(c2)SCC3NC(=O)C2(NC(=O)C(F)(F)F)CC2)n1. The van der Waals surface area contributed by atoms with E-state index in [1.807, 2.05) is 11.4 Å². The van der Waals surface area contributed by atoms with E-state index in [1.54, 1.807) is 25.2 Å². The van der Waals surface area contributed by atoms with Crippen LogP contribution in [-0.2, 0) is 16.6 Å². The molecule has 0 radical (unpaired) electrons. The van der Waals surface area contributed by atoms with E-state index in [0.717, 1.165) is 16.5 Å². The molecule has 1 aliphatic carbocycles. The van der Waals surface area contributed by atoms with Crippen molar-refractivity contribution in [1.82, 2.24) is 30.8 Å². The smallest absolute Gasteiger partial charge is 0.346 e. The van der Waals surface area contributed by atoms with Crippen LogP contribution in [0.15, 0.2) is 35.2 Å². The zero-order valence-electron chi connectivity index (χ0n) is 18.5. The molecule has 1 fully saturated rings. The highest BCUT2D eigenvalue weighted by Crippen LogP contribution is 2.44. The maximum Gasteiger partial charge on any atom is 0.471 e. The number of aryl methyl sites for hydroxylation is 1. The van der Waals surface area contributed by atoms with Crippen LogP contribution in [0.4, 0.5) is 17.6 Å². The fraction of sp³-hybridized carbons (Fsp3) is 0.318. The Bertz CT molecular complexity index is 1390. The number of aromatic nitrogens is 4. The highest BCUT2D eigenvalue weighted by Gasteiger charge is 2.55. The Hall–Kier alpha value is -3.19. The first-order chi connectivity index (χ1) is 17.0. The monoisotopic (exact) mass is 540 g/mol. The lowest BCUT2D eigenvalue weighted by atomic mass is 9.96. The summed E-state index contributed by atoms with van der Waals surface area (Å²) >= 11 is 7.55. The number of rotatable bonds is 5. The van der Waals surface area contributed by atoms with Gasteiger partial charge in [-0.15, -0.1) is 22.0 Å². The van der Waals surface area contributed by atoms with E-state index in [1.165, 1.54) is 16.6 Å². The van der Waals surface area contributed by atoms with Crippen molar-refractivity contribution in [3.05, 3.63) is 46.7 Å². The molecule has 2 amide bonds. The normalized spacial score (nSPS) is 18.0. The van der Waals surface area contributed by atoms with Gasteiger partial charge in [-0.25, -0.2) is 4.39 Å². The predicted octanol–water partition coefficient (Wildman–Crippen LogP) is 3.81. The van der Waals surface area contributed by atoms with E-state index in [4.69, 9.17) is 11.6 Å². The fourth-order valence-corrected chi connectivity index (χ4v) is 5.43. The van der Waals surface area contributed by atoms with Crippen LogP contribution in [-0.4, -0.2) is 49.5 Å². The largest absolute Gasteiger partial charge is 0.471 e. The third-order valence-electron chi connectivity index (χ3n) is 5.99. The van der Waals surface area contributed by atoms with Crippen LogP contribution in [0.3, 0.4) is 0 Å². The second-order valence-corrected chi connectivity index (χ2v) is 10.0. The molecule has 1 unspecified atom stereocenters. The Labute approximate surface area is 210 Å². The number of nitrogens with zero attached hydrogens (tertiary/aromatic N) is 4. The van der Waals surface area contributed by atoms with E-state index in [0.29, 0.717) is 16.9 Å². The minimum Gasteiger partial charge on any atom is -0.346 e. The second kappa shape index (κ2) is 8.73. The van der Waals surface area contributed by atoms with E-state index in [9.17, 15) is 27.2 Å². The molecule has 1 aromatic heterocycles. The van der Waals surface area contributed by atoms with Gasteiger partial charge < -0.3 is 10.6 Å². The summed E-state index contributed by atoms with van der Waals surface area (Å²) in [5, 5.41) is 16.5. The molecule has 2 N–H and O–H groups in total. The molecule has 2 aromatic carbocycles. The minimum atomic E-state index is -5.07. The first-order valence-corrected chi connectivity index (χ1v) is 12.0. The highest BCUT2D eigenvalue weighted by molar-refractivity contribution is 7.99. The maximum absolute atomic E-state index is 14.9. The number of alkyl halides is 3. The third-order valence-corrected chi connectivity index (χ3v) is 7.38. The van der Waals surface area contributed by atoms with Gasteiger partial charge in [-0.05, 0) is 52.9 Å². The van der Waals surface area contributed by atoms with Crippen molar-refractivity contribution in [2.75, 3.05) is 5.75 Å². The molecule has 0 bridgehead atoms. The lowest BCUT2D eigenvalue weighted by Crippen LogP contribution is -2.53. The highest BCUT2D eigenvalue weighted by atomic mass is 35.5. The Morgan fingerprint density at radius 3 is 2.61 bits per heavy atom. The van der Waals surface area contributed by atoms with Gasteiger partial charge in [0.25, 0.3) is 0 Å². The number of hydrogen-bond donors (Lipinski definition) is 2. The van der Waals surface area contributed by atoms with Gasteiger partial charge in [0.1, 0.15) is 11.4 Å². The van der Waals surface area contributed by atoms with Crippen LogP contribution < -0.4 is 10.6 Å². The standard InChI is InChI=1S/C22H17ClF4N6O2S/c1-33-31-18(30-32-33)17-13(7-11(23)8-14(17)24)10-2-3-12-15(9-36-16(12)6-10)28-19(34)21(4-5-21)29-20(35)22(25,26)27/h2-3,6-8,15H,4-5,9H2,1H3,(H,28,34)(H,29,35). The molecule has 0 saturated heterocycles. The van der Waals surface area contributed by atoms with Gasteiger partial charge in [-0.3, -0.25) is 9.59 Å². The number of benzene rings is 2. The molecular formula is C22H17ClF4N6O2S. The van der Waals surface area contributed by atoms with E-state index in [-0.39, 0.29) is 29.3 Å². The molecule has 14 heteroatoms. The zero-order valence-corrected chi connectivity index (χ0v) is 20.1. The molecule has 1 atom stereocenters. The zero-order chi connectivity index (χ0) is 25.8.